The smallest absolute Gasteiger partial charge is 0.338 e. The normalized spacial score (nSPS) is 10.2. The van der Waals surface area contributed by atoms with E-state index in [1.165, 1.54) is 0 Å². The van der Waals surface area contributed by atoms with E-state index in [9.17, 15) is 9.59 Å². The molecule has 0 unspecified atom stereocenters. The van der Waals surface area contributed by atoms with Crippen molar-refractivity contribution in [2.24, 2.45) is 7.05 Å². The van der Waals surface area contributed by atoms with E-state index in [1.54, 1.807) is 37.3 Å². The number of carbonyl (C=O) groups excluding carboxylic acids is 2. The zero-order chi connectivity index (χ0) is 15.4. The summed E-state index contributed by atoms with van der Waals surface area (Å²) in [4.78, 5) is 23.7. The second kappa shape index (κ2) is 6.26. The van der Waals surface area contributed by atoms with E-state index in [0.29, 0.717) is 23.6 Å². The van der Waals surface area contributed by atoms with Crippen LogP contribution >= 0.6 is 0 Å². The lowest BCUT2D eigenvalue weighted by Crippen LogP contribution is -2.16. The minimum absolute atomic E-state index is 0.186. The van der Waals surface area contributed by atoms with Gasteiger partial charge in [-0.1, -0.05) is 0 Å². The maximum Gasteiger partial charge on any atom is 0.338 e. The Morgan fingerprint density at radius 2 is 1.81 bits per heavy atom. The highest BCUT2D eigenvalue weighted by Gasteiger charge is 2.11. The molecule has 0 aliphatic carbocycles. The number of esters is 1. The summed E-state index contributed by atoms with van der Waals surface area (Å²) in [7, 11) is 1.84. The van der Waals surface area contributed by atoms with Crippen molar-refractivity contribution >= 4 is 17.6 Å². The minimum atomic E-state index is -0.367. The molecule has 2 aromatic rings. The van der Waals surface area contributed by atoms with Crippen LogP contribution in [0.5, 0.6) is 0 Å². The molecule has 21 heavy (non-hydrogen) atoms. The van der Waals surface area contributed by atoms with Crippen molar-refractivity contribution in [2.45, 2.75) is 13.8 Å². The molecule has 1 amide bonds. The van der Waals surface area contributed by atoms with Gasteiger partial charge in [0.25, 0.3) is 5.91 Å². The highest BCUT2D eigenvalue weighted by Crippen LogP contribution is 2.13. The summed E-state index contributed by atoms with van der Waals surface area (Å²) < 4.78 is 6.73. The van der Waals surface area contributed by atoms with Crippen LogP contribution in [-0.4, -0.2) is 23.1 Å². The summed E-state index contributed by atoms with van der Waals surface area (Å²) in [5, 5.41) is 2.80. The molecule has 5 heteroatoms. The topological polar surface area (TPSA) is 60.3 Å². The number of carbonyl (C=O) groups is 2. The quantitative estimate of drug-likeness (QED) is 0.879. The van der Waals surface area contributed by atoms with Gasteiger partial charge >= 0.3 is 5.97 Å². The maximum absolute atomic E-state index is 12.1. The average molecular weight is 286 g/mol. The third-order valence-electron chi connectivity index (χ3n) is 3.26. The number of ether oxygens (including phenoxy) is 1. The van der Waals surface area contributed by atoms with Gasteiger partial charge < -0.3 is 14.6 Å². The molecule has 1 heterocycles. The number of amides is 1. The van der Waals surface area contributed by atoms with Gasteiger partial charge in [0.1, 0.15) is 5.69 Å². The van der Waals surface area contributed by atoms with Crippen LogP contribution in [0.1, 0.15) is 33.5 Å². The first-order chi connectivity index (χ1) is 10.0. The lowest BCUT2D eigenvalue weighted by molar-refractivity contribution is 0.0526. The van der Waals surface area contributed by atoms with Gasteiger partial charge in [-0.25, -0.2) is 4.79 Å². The fourth-order valence-corrected chi connectivity index (χ4v) is 1.94. The zero-order valence-corrected chi connectivity index (χ0v) is 12.3. The fraction of sp³-hybridized carbons (Fsp3) is 0.250. The number of aryl methyl sites for hydroxylation is 1. The molecule has 2 rings (SSSR count). The number of hydrogen-bond acceptors (Lipinski definition) is 3. The molecule has 0 fully saturated rings. The van der Waals surface area contributed by atoms with Gasteiger partial charge in [-0.2, -0.15) is 0 Å². The molecule has 0 aliphatic rings. The van der Waals surface area contributed by atoms with E-state index in [4.69, 9.17) is 4.74 Å². The van der Waals surface area contributed by atoms with Crippen LogP contribution in [0.2, 0.25) is 0 Å². The number of benzene rings is 1. The lowest BCUT2D eigenvalue weighted by atomic mass is 10.2. The Labute approximate surface area is 123 Å². The van der Waals surface area contributed by atoms with Gasteiger partial charge in [0.15, 0.2) is 0 Å². The molecule has 1 aromatic carbocycles. The first-order valence-electron chi connectivity index (χ1n) is 6.73. The van der Waals surface area contributed by atoms with E-state index in [0.717, 1.165) is 5.69 Å². The van der Waals surface area contributed by atoms with E-state index < -0.39 is 0 Å². The van der Waals surface area contributed by atoms with Gasteiger partial charge in [0.2, 0.25) is 0 Å². The van der Waals surface area contributed by atoms with E-state index in [-0.39, 0.29) is 11.9 Å². The van der Waals surface area contributed by atoms with Crippen molar-refractivity contribution in [3.8, 4) is 0 Å². The largest absolute Gasteiger partial charge is 0.462 e. The van der Waals surface area contributed by atoms with Gasteiger partial charge in [-0.05, 0) is 50.2 Å². The van der Waals surface area contributed by atoms with Crippen molar-refractivity contribution in [3.05, 3.63) is 53.3 Å². The fourth-order valence-electron chi connectivity index (χ4n) is 1.94. The molecule has 0 radical (unpaired) electrons. The third kappa shape index (κ3) is 3.31. The number of hydrogen-bond donors (Lipinski definition) is 1. The number of nitrogens with one attached hydrogen (secondary N) is 1. The van der Waals surface area contributed by atoms with Crippen LogP contribution in [0, 0.1) is 6.92 Å². The molecule has 0 bridgehead atoms. The predicted molar refractivity (Wildman–Crippen MR) is 80.5 cm³/mol. The van der Waals surface area contributed by atoms with Gasteiger partial charge in [0.05, 0.1) is 12.2 Å². The molecular weight excluding hydrogens is 268 g/mol. The van der Waals surface area contributed by atoms with Crippen molar-refractivity contribution in [1.29, 1.82) is 0 Å². The van der Waals surface area contributed by atoms with E-state index >= 15 is 0 Å². The van der Waals surface area contributed by atoms with Crippen molar-refractivity contribution in [3.63, 3.8) is 0 Å². The van der Waals surface area contributed by atoms with Crippen LogP contribution in [0.25, 0.3) is 0 Å². The first-order valence-corrected chi connectivity index (χ1v) is 6.73. The van der Waals surface area contributed by atoms with Gasteiger partial charge in [-0.15, -0.1) is 0 Å². The van der Waals surface area contributed by atoms with Crippen LogP contribution in [0.4, 0.5) is 5.69 Å². The molecule has 0 atom stereocenters. The van der Waals surface area contributed by atoms with Gasteiger partial charge in [0, 0.05) is 18.4 Å². The second-order valence-electron chi connectivity index (χ2n) is 4.67. The molecule has 0 aliphatic heterocycles. The molecule has 0 saturated carbocycles. The third-order valence-corrected chi connectivity index (χ3v) is 3.26. The number of aromatic nitrogens is 1. The molecule has 110 valence electrons. The molecule has 0 saturated heterocycles. The maximum atomic E-state index is 12.1. The van der Waals surface area contributed by atoms with Crippen molar-refractivity contribution < 1.29 is 14.3 Å². The molecule has 0 spiro atoms. The SMILES string of the molecule is CCOC(=O)c1ccc(NC(=O)c2ccc(C)n2C)cc1. The van der Waals surface area contributed by atoms with Crippen LogP contribution in [0.3, 0.4) is 0 Å². The molecule has 5 nitrogen and oxygen atoms in total. The highest BCUT2D eigenvalue weighted by atomic mass is 16.5. The predicted octanol–water partition coefficient (Wildman–Crippen LogP) is 2.76. The standard InChI is InChI=1S/C16H18N2O3/c1-4-21-16(20)12-6-8-13(9-7-12)17-15(19)14-10-5-11(2)18(14)3/h5-10H,4H2,1-3H3,(H,17,19). The van der Waals surface area contributed by atoms with Crippen LogP contribution in [-0.2, 0) is 11.8 Å². The molecule has 1 N–H and O–H groups in total. The number of rotatable bonds is 4. The number of anilines is 1. The van der Waals surface area contributed by atoms with Crippen LogP contribution < -0.4 is 5.32 Å². The summed E-state index contributed by atoms with van der Waals surface area (Å²) in [6.07, 6.45) is 0. The Morgan fingerprint density at radius 3 is 2.33 bits per heavy atom. The lowest BCUT2D eigenvalue weighted by Gasteiger charge is -2.08. The average Bonchev–Trinajstić information content (AvgIpc) is 2.80. The summed E-state index contributed by atoms with van der Waals surface area (Å²) in [6, 6.07) is 10.3. The van der Waals surface area contributed by atoms with E-state index in [2.05, 4.69) is 5.32 Å². The van der Waals surface area contributed by atoms with E-state index in [1.807, 2.05) is 24.6 Å². The summed E-state index contributed by atoms with van der Waals surface area (Å²) >= 11 is 0. The zero-order valence-electron chi connectivity index (χ0n) is 12.3. The monoisotopic (exact) mass is 286 g/mol. The second-order valence-corrected chi connectivity index (χ2v) is 4.67. The first kappa shape index (κ1) is 14.8. The Balaban J connectivity index is 2.08. The van der Waals surface area contributed by atoms with Crippen molar-refractivity contribution in [2.75, 3.05) is 11.9 Å². The summed E-state index contributed by atoms with van der Waals surface area (Å²) in [5.41, 5.74) is 2.69. The Hall–Kier alpha value is -2.56. The summed E-state index contributed by atoms with van der Waals surface area (Å²) in [6.45, 7) is 4.03. The summed E-state index contributed by atoms with van der Waals surface area (Å²) in [5.74, 6) is -0.553. The number of nitrogens with zero attached hydrogens (tertiary/aromatic N) is 1. The highest BCUT2D eigenvalue weighted by molar-refractivity contribution is 6.03. The Bertz CT molecular complexity index is 657. The molecular formula is C16H18N2O3. The van der Waals surface area contributed by atoms with Gasteiger partial charge in [-0.3, -0.25) is 4.79 Å². The minimum Gasteiger partial charge on any atom is -0.462 e. The molecule has 1 aromatic heterocycles. The van der Waals surface area contributed by atoms with Crippen LogP contribution in [0.15, 0.2) is 36.4 Å². The Kier molecular flexibility index (Phi) is 4.42. The van der Waals surface area contributed by atoms with Crippen molar-refractivity contribution in [1.82, 2.24) is 4.57 Å². The Morgan fingerprint density at radius 1 is 1.14 bits per heavy atom.